The Morgan fingerprint density at radius 2 is 2.12 bits per heavy atom. The van der Waals surface area contributed by atoms with Crippen LogP contribution in [-0.4, -0.2) is 46.9 Å². The van der Waals surface area contributed by atoms with Crippen LogP contribution in [0.15, 0.2) is 62.0 Å². The number of fused-ring (bicyclic) bond motifs is 1. The van der Waals surface area contributed by atoms with Crippen molar-refractivity contribution in [2.24, 2.45) is 0 Å². The molecule has 5 heteroatoms. The van der Waals surface area contributed by atoms with Crippen molar-refractivity contribution in [3.63, 3.8) is 0 Å². The van der Waals surface area contributed by atoms with Gasteiger partial charge in [-0.05, 0) is 67.4 Å². The van der Waals surface area contributed by atoms with Crippen molar-refractivity contribution >= 4 is 11.6 Å². The lowest BCUT2D eigenvalue weighted by Gasteiger charge is -2.32. The second-order valence-corrected chi connectivity index (χ2v) is 8.90. The van der Waals surface area contributed by atoms with Crippen LogP contribution in [0.25, 0.3) is 5.70 Å². The predicted octanol–water partition coefficient (Wildman–Crippen LogP) is 4.33. The highest BCUT2D eigenvalue weighted by Gasteiger charge is 2.32. The molecule has 1 N–H and O–H groups in total. The normalized spacial score (nSPS) is 17.8. The monoisotopic (exact) mass is 430 g/mol. The van der Waals surface area contributed by atoms with E-state index in [4.69, 9.17) is 0 Å². The van der Waals surface area contributed by atoms with Crippen molar-refractivity contribution in [2.75, 3.05) is 20.1 Å². The highest BCUT2D eigenvalue weighted by Crippen LogP contribution is 2.37. The second kappa shape index (κ2) is 10.1. The van der Waals surface area contributed by atoms with Crippen LogP contribution < -0.4 is 5.32 Å². The number of likely N-dealkylation sites (tertiary alicyclic amines) is 1. The van der Waals surface area contributed by atoms with E-state index in [0.717, 1.165) is 44.7 Å². The summed E-state index contributed by atoms with van der Waals surface area (Å²) in [4.78, 5) is 21.5. The third-order valence-corrected chi connectivity index (χ3v) is 6.89. The molecule has 1 atom stereocenters. The molecule has 0 radical (unpaired) electrons. The smallest absolute Gasteiger partial charge is 0.242 e. The summed E-state index contributed by atoms with van der Waals surface area (Å²) in [7, 11) is 1.70. The zero-order valence-electron chi connectivity index (χ0n) is 19.1. The highest BCUT2D eigenvalue weighted by atomic mass is 16.2. The molecule has 1 unspecified atom stereocenters. The third kappa shape index (κ3) is 4.78. The number of carbonyl (C=O) groups is 1. The van der Waals surface area contributed by atoms with Gasteiger partial charge in [-0.15, -0.1) is 6.58 Å². The molecule has 5 nitrogen and oxygen atoms in total. The molecule has 2 aromatic rings. The highest BCUT2D eigenvalue weighted by molar-refractivity contribution is 5.84. The lowest BCUT2D eigenvalue weighted by atomic mass is 9.87. The maximum atomic E-state index is 12.5. The zero-order valence-corrected chi connectivity index (χ0v) is 19.1. The van der Waals surface area contributed by atoms with Crippen LogP contribution in [0, 0.1) is 0 Å². The van der Waals surface area contributed by atoms with Gasteiger partial charge in [-0.3, -0.25) is 14.7 Å². The molecule has 168 valence electrons. The second-order valence-electron chi connectivity index (χ2n) is 8.90. The summed E-state index contributed by atoms with van der Waals surface area (Å²) in [6, 6.07) is 10.8. The average Bonchev–Trinajstić information content (AvgIpc) is 3.15. The zero-order chi connectivity index (χ0) is 22.5. The molecule has 3 heterocycles. The van der Waals surface area contributed by atoms with E-state index in [1.165, 1.54) is 35.1 Å². The molecule has 0 saturated carbocycles. The van der Waals surface area contributed by atoms with Crippen LogP contribution in [0.4, 0.5) is 0 Å². The molecule has 0 bridgehead atoms. The number of allylic oxidation sites excluding steroid dienone is 1. The first kappa shape index (κ1) is 22.3. The topological polar surface area (TPSA) is 48.5 Å². The Hall–Kier alpha value is -2.92. The van der Waals surface area contributed by atoms with E-state index < -0.39 is 0 Å². The SMILES string of the molecule is C=CCCC(C(=O)NC)N1Cc2cc(C3CCN(Cc4cccnc4)CC3)ccc2C1=C. The maximum Gasteiger partial charge on any atom is 0.242 e. The fraction of sp³-hybridized carbons (Fsp3) is 0.407. The lowest BCUT2D eigenvalue weighted by molar-refractivity contribution is -0.125. The van der Waals surface area contributed by atoms with Crippen LogP contribution >= 0.6 is 0 Å². The van der Waals surface area contributed by atoms with Crippen LogP contribution in [0.3, 0.4) is 0 Å². The number of nitrogens with zero attached hydrogens (tertiary/aromatic N) is 3. The van der Waals surface area contributed by atoms with E-state index in [-0.39, 0.29) is 11.9 Å². The number of hydrogen-bond donors (Lipinski definition) is 1. The Kier molecular flexibility index (Phi) is 7.05. The van der Waals surface area contributed by atoms with E-state index >= 15 is 0 Å². The Morgan fingerprint density at radius 1 is 1.31 bits per heavy atom. The summed E-state index contributed by atoms with van der Waals surface area (Å²) >= 11 is 0. The Bertz CT molecular complexity index is 963. The fourth-order valence-corrected chi connectivity index (χ4v) is 5.06. The van der Waals surface area contributed by atoms with Crippen molar-refractivity contribution < 1.29 is 4.79 Å². The summed E-state index contributed by atoms with van der Waals surface area (Å²) < 4.78 is 0. The van der Waals surface area contributed by atoms with E-state index in [9.17, 15) is 4.79 Å². The lowest BCUT2D eigenvalue weighted by Crippen LogP contribution is -2.42. The average molecular weight is 431 g/mol. The van der Waals surface area contributed by atoms with Crippen molar-refractivity contribution in [3.05, 3.63) is 84.2 Å². The minimum Gasteiger partial charge on any atom is -0.357 e. The van der Waals surface area contributed by atoms with Gasteiger partial charge >= 0.3 is 0 Å². The van der Waals surface area contributed by atoms with E-state index in [2.05, 4.69) is 57.5 Å². The first-order valence-corrected chi connectivity index (χ1v) is 11.6. The molecule has 1 aromatic heterocycles. The van der Waals surface area contributed by atoms with Gasteiger partial charge in [0, 0.05) is 43.8 Å². The molecule has 1 fully saturated rings. The molecule has 32 heavy (non-hydrogen) atoms. The number of piperidine rings is 1. The van der Waals surface area contributed by atoms with Gasteiger partial charge in [0.05, 0.1) is 0 Å². The number of pyridine rings is 1. The molecule has 1 saturated heterocycles. The molecule has 2 aliphatic rings. The summed E-state index contributed by atoms with van der Waals surface area (Å²) in [5, 5.41) is 2.82. The van der Waals surface area contributed by atoms with Gasteiger partial charge < -0.3 is 10.2 Å². The van der Waals surface area contributed by atoms with Crippen LogP contribution in [0.2, 0.25) is 0 Å². The van der Waals surface area contributed by atoms with Gasteiger partial charge in [-0.2, -0.15) is 0 Å². The van der Waals surface area contributed by atoms with Crippen LogP contribution in [-0.2, 0) is 17.9 Å². The number of nitrogens with one attached hydrogen (secondary N) is 1. The van der Waals surface area contributed by atoms with E-state index in [1.54, 1.807) is 7.05 Å². The quantitative estimate of drug-likeness (QED) is 0.634. The fourth-order valence-electron chi connectivity index (χ4n) is 5.06. The van der Waals surface area contributed by atoms with Crippen LogP contribution in [0.1, 0.15) is 53.9 Å². The van der Waals surface area contributed by atoms with E-state index in [1.807, 2.05) is 24.5 Å². The summed E-state index contributed by atoms with van der Waals surface area (Å²) in [6.07, 6.45) is 9.57. The summed E-state index contributed by atoms with van der Waals surface area (Å²) in [5.41, 5.74) is 6.12. The minimum atomic E-state index is -0.211. The first-order chi connectivity index (χ1) is 15.6. The molecule has 1 aromatic carbocycles. The Morgan fingerprint density at radius 3 is 2.81 bits per heavy atom. The molecular formula is C27H34N4O. The number of rotatable bonds is 8. The van der Waals surface area contributed by atoms with Gasteiger partial charge in [0.15, 0.2) is 0 Å². The van der Waals surface area contributed by atoms with Gasteiger partial charge in [-0.25, -0.2) is 0 Å². The number of aromatic nitrogens is 1. The largest absolute Gasteiger partial charge is 0.357 e. The Balaban J connectivity index is 1.41. The number of likely N-dealkylation sites (N-methyl/N-ethyl adjacent to an activating group) is 1. The minimum absolute atomic E-state index is 0.0435. The number of amides is 1. The molecular weight excluding hydrogens is 396 g/mol. The first-order valence-electron chi connectivity index (χ1n) is 11.6. The molecule has 0 spiro atoms. The van der Waals surface area contributed by atoms with E-state index in [0.29, 0.717) is 5.92 Å². The molecule has 4 rings (SSSR count). The van der Waals surface area contributed by atoms with Gasteiger partial charge in [-0.1, -0.05) is 36.9 Å². The standard InChI is InChI=1S/C27H34N4O/c1-4-5-8-26(27(32)28-3)31-19-24-16-23(9-10-25(24)20(31)2)22-11-14-30(15-12-22)18-21-7-6-13-29-17-21/h4,6-7,9-10,13,16-17,22,26H,1-2,5,8,11-12,14-15,18-19H2,3H3,(H,28,32). The number of carbonyl (C=O) groups excluding carboxylic acids is 1. The maximum absolute atomic E-state index is 12.5. The van der Waals surface area contributed by atoms with Crippen molar-refractivity contribution in [3.8, 4) is 0 Å². The van der Waals surface area contributed by atoms with Crippen LogP contribution in [0.5, 0.6) is 0 Å². The number of benzene rings is 1. The van der Waals surface area contributed by atoms with Crippen molar-refractivity contribution in [1.82, 2.24) is 20.1 Å². The number of hydrogen-bond acceptors (Lipinski definition) is 4. The molecule has 2 aliphatic heterocycles. The van der Waals surface area contributed by atoms with Crippen molar-refractivity contribution in [2.45, 2.75) is 50.7 Å². The summed E-state index contributed by atoms with van der Waals surface area (Å²) in [6.45, 7) is 12.1. The van der Waals surface area contributed by atoms with Gasteiger partial charge in [0.25, 0.3) is 0 Å². The van der Waals surface area contributed by atoms with Gasteiger partial charge in [0.1, 0.15) is 6.04 Å². The molecule has 0 aliphatic carbocycles. The van der Waals surface area contributed by atoms with Crippen molar-refractivity contribution in [1.29, 1.82) is 0 Å². The Labute approximate surface area is 191 Å². The third-order valence-electron chi connectivity index (χ3n) is 6.89. The van der Waals surface area contributed by atoms with Gasteiger partial charge in [0.2, 0.25) is 5.91 Å². The molecule has 1 amide bonds. The summed E-state index contributed by atoms with van der Waals surface area (Å²) in [5.74, 6) is 0.630. The predicted molar refractivity (Wildman–Crippen MR) is 130 cm³/mol.